The zero-order valence-electron chi connectivity index (χ0n) is 18.2. The number of carbonyl (C=O) groups is 1. The van der Waals surface area contributed by atoms with Gasteiger partial charge in [-0.2, -0.15) is 0 Å². The lowest BCUT2D eigenvalue weighted by atomic mass is 10.1. The number of likely N-dealkylation sites (N-methyl/N-ethyl adjacent to an activating group) is 1. The minimum absolute atomic E-state index is 0.377. The van der Waals surface area contributed by atoms with Crippen molar-refractivity contribution in [3.8, 4) is 0 Å². The zero-order chi connectivity index (χ0) is 22.2. The summed E-state index contributed by atoms with van der Waals surface area (Å²) >= 11 is 6.41. The van der Waals surface area contributed by atoms with Crippen LogP contribution in [0.3, 0.4) is 0 Å². The molecule has 0 radical (unpaired) electrons. The van der Waals surface area contributed by atoms with Gasteiger partial charge in [0.05, 0.1) is 6.54 Å². The van der Waals surface area contributed by atoms with E-state index >= 15 is 0 Å². The van der Waals surface area contributed by atoms with Crippen molar-refractivity contribution in [2.45, 2.75) is 51.7 Å². The summed E-state index contributed by atoms with van der Waals surface area (Å²) in [7, 11) is 1.86. The fraction of sp³-hybridized carbons (Fsp3) is 0.360. The first-order chi connectivity index (χ1) is 15.0. The fourth-order valence-electron chi connectivity index (χ4n) is 3.75. The molecule has 0 bridgehead atoms. The van der Waals surface area contributed by atoms with Gasteiger partial charge in [0.25, 0.3) is 0 Å². The smallest absolute Gasteiger partial charge is 0.321 e. The van der Waals surface area contributed by atoms with E-state index in [1.165, 1.54) is 0 Å². The van der Waals surface area contributed by atoms with Crippen molar-refractivity contribution in [3.05, 3.63) is 88.5 Å². The summed E-state index contributed by atoms with van der Waals surface area (Å²) in [5.41, 5.74) is 3.01. The van der Waals surface area contributed by atoms with Gasteiger partial charge >= 0.3 is 5.97 Å². The number of carboxylic acid groups (broad SMARTS) is 1. The maximum Gasteiger partial charge on any atom is 0.321 e. The molecule has 164 valence electrons. The lowest BCUT2D eigenvalue weighted by molar-refractivity contribution is -0.143. The van der Waals surface area contributed by atoms with E-state index in [1.807, 2.05) is 72.7 Å². The molecular weight excluding hydrogens is 410 g/mol. The quantitative estimate of drug-likeness (QED) is 0.454. The van der Waals surface area contributed by atoms with Gasteiger partial charge < -0.3 is 9.67 Å². The first kappa shape index (κ1) is 23.0. The molecule has 0 amide bonds. The average Bonchev–Trinajstić information content (AvgIpc) is 3.13. The van der Waals surface area contributed by atoms with Gasteiger partial charge in [-0.25, -0.2) is 4.98 Å². The number of aliphatic carboxylic acids is 1. The van der Waals surface area contributed by atoms with Gasteiger partial charge in [-0.15, -0.1) is 0 Å². The van der Waals surface area contributed by atoms with E-state index in [1.54, 1.807) is 0 Å². The maximum absolute atomic E-state index is 12.1. The topological polar surface area (TPSA) is 58.4 Å². The summed E-state index contributed by atoms with van der Waals surface area (Å²) in [6.45, 7) is 3.31. The highest BCUT2D eigenvalue weighted by atomic mass is 35.5. The zero-order valence-corrected chi connectivity index (χ0v) is 18.9. The van der Waals surface area contributed by atoms with Gasteiger partial charge in [0.1, 0.15) is 11.9 Å². The predicted octanol–water partition coefficient (Wildman–Crippen LogP) is 5.06. The number of aryl methyl sites for hydroxylation is 1. The lowest BCUT2D eigenvalue weighted by Gasteiger charge is -2.25. The van der Waals surface area contributed by atoms with Crippen LogP contribution in [0.15, 0.2) is 60.8 Å². The van der Waals surface area contributed by atoms with Crippen LogP contribution in [0.5, 0.6) is 0 Å². The van der Waals surface area contributed by atoms with E-state index in [0.717, 1.165) is 41.9 Å². The molecule has 0 aliphatic carbocycles. The van der Waals surface area contributed by atoms with Crippen LogP contribution in [0, 0.1) is 0 Å². The lowest BCUT2D eigenvalue weighted by Crippen LogP contribution is -2.40. The van der Waals surface area contributed by atoms with E-state index in [-0.39, 0.29) is 0 Å². The Bertz CT molecular complexity index is 987. The third-order valence-electron chi connectivity index (χ3n) is 5.56. The highest BCUT2D eigenvalue weighted by Crippen LogP contribution is 2.21. The van der Waals surface area contributed by atoms with E-state index in [0.29, 0.717) is 24.5 Å². The molecule has 0 aliphatic heterocycles. The second kappa shape index (κ2) is 11.1. The molecule has 0 spiro atoms. The number of halogens is 1. The van der Waals surface area contributed by atoms with Gasteiger partial charge in [0, 0.05) is 36.3 Å². The van der Waals surface area contributed by atoms with E-state index < -0.39 is 12.0 Å². The fourth-order valence-corrected chi connectivity index (χ4v) is 3.95. The van der Waals surface area contributed by atoms with Crippen molar-refractivity contribution in [2.75, 3.05) is 7.05 Å². The van der Waals surface area contributed by atoms with Crippen LogP contribution < -0.4 is 0 Å². The number of carboxylic acids is 1. The molecule has 0 saturated carbocycles. The molecule has 1 atom stereocenters. The minimum atomic E-state index is -0.834. The van der Waals surface area contributed by atoms with Crippen LogP contribution in [0.2, 0.25) is 5.02 Å². The van der Waals surface area contributed by atoms with Gasteiger partial charge in [0.15, 0.2) is 0 Å². The number of nitrogens with zero attached hydrogens (tertiary/aromatic N) is 3. The van der Waals surface area contributed by atoms with Crippen LogP contribution in [0.1, 0.15) is 42.4 Å². The molecule has 0 unspecified atom stereocenters. The summed E-state index contributed by atoms with van der Waals surface area (Å²) in [5.74, 6) is 0.144. The van der Waals surface area contributed by atoms with Crippen molar-refractivity contribution in [2.24, 2.45) is 0 Å². The van der Waals surface area contributed by atoms with Crippen LogP contribution in [0.4, 0.5) is 0 Å². The summed E-state index contributed by atoms with van der Waals surface area (Å²) in [6.07, 6.45) is 5.18. The molecule has 6 heteroatoms. The van der Waals surface area contributed by atoms with Crippen molar-refractivity contribution >= 4 is 17.6 Å². The molecule has 31 heavy (non-hydrogen) atoms. The number of rotatable bonds is 11. The van der Waals surface area contributed by atoms with Crippen molar-refractivity contribution in [1.29, 1.82) is 0 Å². The van der Waals surface area contributed by atoms with Crippen LogP contribution in [-0.2, 0) is 30.7 Å². The summed E-state index contributed by atoms with van der Waals surface area (Å²) in [5, 5.41) is 10.7. The Balaban J connectivity index is 1.86. The third-order valence-corrected chi connectivity index (χ3v) is 5.92. The Kier molecular flexibility index (Phi) is 8.27. The molecule has 1 heterocycles. The monoisotopic (exact) mass is 439 g/mol. The normalized spacial score (nSPS) is 12.3. The highest BCUT2D eigenvalue weighted by molar-refractivity contribution is 6.31. The Morgan fingerprint density at radius 3 is 2.55 bits per heavy atom. The molecule has 1 aromatic heterocycles. The molecule has 3 aromatic rings. The molecule has 0 aliphatic rings. The van der Waals surface area contributed by atoms with Crippen molar-refractivity contribution in [1.82, 2.24) is 14.5 Å². The molecule has 0 saturated heterocycles. The van der Waals surface area contributed by atoms with Gasteiger partial charge in [-0.3, -0.25) is 9.69 Å². The van der Waals surface area contributed by atoms with Crippen LogP contribution in [0.25, 0.3) is 0 Å². The van der Waals surface area contributed by atoms with Gasteiger partial charge in [-0.1, -0.05) is 73.5 Å². The summed E-state index contributed by atoms with van der Waals surface area (Å²) in [4.78, 5) is 18.7. The number of hydrogen-bond acceptors (Lipinski definition) is 3. The Labute approximate surface area is 189 Å². The van der Waals surface area contributed by atoms with Crippen molar-refractivity contribution < 1.29 is 9.90 Å². The van der Waals surface area contributed by atoms with Crippen molar-refractivity contribution in [3.63, 3.8) is 0 Å². The number of aromatic nitrogens is 2. The van der Waals surface area contributed by atoms with Crippen LogP contribution in [-0.4, -0.2) is 38.6 Å². The second-order valence-electron chi connectivity index (χ2n) is 7.91. The Morgan fingerprint density at radius 2 is 1.87 bits per heavy atom. The Morgan fingerprint density at radius 1 is 1.16 bits per heavy atom. The molecular formula is C25H30ClN3O2. The first-order valence-electron chi connectivity index (χ1n) is 10.7. The SMILES string of the molecule is CCCCc1ncc(C[C@@H](C(=O)O)N(C)Cc2ccccc2)n1Cc1ccccc1Cl. The minimum Gasteiger partial charge on any atom is -0.480 e. The second-order valence-corrected chi connectivity index (χ2v) is 8.31. The standard InChI is InChI=1S/C25H30ClN3O2/c1-3-4-14-24-27-16-21(29(24)18-20-12-8-9-13-22(20)26)15-23(25(30)31)28(2)17-19-10-6-5-7-11-19/h5-13,16,23H,3-4,14-15,17-18H2,1-2H3,(H,30,31)/t23-/m0/s1. The molecule has 0 fully saturated rings. The van der Waals surface area contributed by atoms with Crippen LogP contribution >= 0.6 is 11.6 Å². The molecule has 1 N–H and O–H groups in total. The summed E-state index contributed by atoms with van der Waals surface area (Å²) in [6, 6.07) is 17.0. The molecule has 3 rings (SSSR count). The predicted molar refractivity (Wildman–Crippen MR) is 124 cm³/mol. The van der Waals surface area contributed by atoms with E-state index in [2.05, 4.69) is 16.5 Å². The average molecular weight is 440 g/mol. The number of unbranched alkanes of at least 4 members (excludes halogenated alkanes) is 1. The number of benzene rings is 2. The first-order valence-corrected chi connectivity index (χ1v) is 11.1. The van der Waals surface area contributed by atoms with Gasteiger partial charge in [0.2, 0.25) is 0 Å². The van der Waals surface area contributed by atoms with E-state index in [9.17, 15) is 9.90 Å². The van der Waals surface area contributed by atoms with E-state index in [4.69, 9.17) is 11.6 Å². The largest absolute Gasteiger partial charge is 0.480 e. The maximum atomic E-state index is 12.1. The molecule has 2 aromatic carbocycles. The number of hydrogen-bond donors (Lipinski definition) is 1. The number of imidazole rings is 1. The third kappa shape index (κ3) is 6.18. The van der Waals surface area contributed by atoms with Gasteiger partial charge in [-0.05, 0) is 30.7 Å². The summed E-state index contributed by atoms with van der Waals surface area (Å²) < 4.78 is 2.14. The molecule has 5 nitrogen and oxygen atoms in total. The highest BCUT2D eigenvalue weighted by Gasteiger charge is 2.25. The Hall–Kier alpha value is -2.63.